The first-order valence-electron chi connectivity index (χ1n) is 7.12. The topological polar surface area (TPSA) is 41.6 Å². The molecule has 0 radical (unpaired) electrons. The molecule has 1 amide bonds. The van der Waals surface area contributed by atoms with Crippen molar-refractivity contribution in [2.24, 2.45) is 0 Å². The molecule has 0 aromatic heterocycles. The van der Waals surface area contributed by atoms with E-state index < -0.39 is 5.60 Å². The summed E-state index contributed by atoms with van der Waals surface area (Å²) in [6.45, 7) is 10.9. The van der Waals surface area contributed by atoms with Crippen molar-refractivity contribution in [3.8, 4) is 0 Å². The van der Waals surface area contributed by atoms with Gasteiger partial charge in [-0.05, 0) is 47.5 Å². The summed E-state index contributed by atoms with van der Waals surface area (Å²) < 4.78 is 5.48. The highest BCUT2D eigenvalue weighted by atomic mass is 32.2. The molecule has 0 bridgehead atoms. The molecule has 2 rings (SSSR count). The van der Waals surface area contributed by atoms with Gasteiger partial charge in [-0.1, -0.05) is 0 Å². The van der Waals surface area contributed by atoms with Crippen LogP contribution in [-0.2, 0) is 4.74 Å². The number of amides is 1. The number of hydrogen-bond acceptors (Lipinski definition) is 4. The molecule has 5 heteroatoms. The minimum absolute atomic E-state index is 0.175. The van der Waals surface area contributed by atoms with Gasteiger partial charge in [0, 0.05) is 24.4 Å². The molecule has 0 aromatic rings. The zero-order valence-corrected chi connectivity index (χ0v) is 13.5. The van der Waals surface area contributed by atoms with Gasteiger partial charge in [0.15, 0.2) is 0 Å². The Bertz CT molecular complexity index is 356. The van der Waals surface area contributed by atoms with Crippen LogP contribution in [0, 0.1) is 0 Å². The summed E-state index contributed by atoms with van der Waals surface area (Å²) in [5, 5.41) is 3.69. The third kappa shape index (κ3) is 3.57. The first-order valence-corrected chi connectivity index (χ1v) is 8.11. The van der Waals surface area contributed by atoms with Gasteiger partial charge in [-0.25, -0.2) is 4.79 Å². The predicted molar refractivity (Wildman–Crippen MR) is 79.4 cm³/mol. The van der Waals surface area contributed by atoms with Crippen molar-refractivity contribution < 1.29 is 9.53 Å². The summed E-state index contributed by atoms with van der Waals surface area (Å²) in [7, 11) is 0. The molecule has 3 unspecified atom stereocenters. The molecule has 3 atom stereocenters. The van der Waals surface area contributed by atoms with Crippen LogP contribution in [0.15, 0.2) is 0 Å². The summed E-state index contributed by atoms with van der Waals surface area (Å²) in [6.07, 6.45) is 1.83. The van der Waals surface area contributed by atoms with E-state index >= 15 is 0 Å². The van der Waals surface area contributed by atoms with E-state index in [-0.39, 0.29) is 17.0 Å². The number of carbonyl (C=O) groups excluding carboxylic acids is 1. The molecule has 0 aromatic carbocycles. The van der Waals surface area contributed by atoms with E-state index in [1.807, 2.05) is 37.4 Å². The fourth-order valence-electron chi connectivity index (χ4n) is 2.88. The molecule has 110 valence electrons. The summed E-state index contributed by atoms with van der Waals surface area (Å²) in [5.74, 6) is 1.17. The second-order valence-corrected chi connectivity index (χ2v) is 8.23. The largest absolute Gasteiger partial charge is 0.444 e. The van der Waals surface area contributed by atoms with E-state index in [4.69, 9.17) is 4.74 Å². The Morgan fingerprint density at radius 2 is 2.11 bits per heavy atom. The number of nitrogens with zero attached hydrogens (tertiary/aromatic N) is 1. The summed E-state index contributed by atoms with van der Waals surface area (Å²) in [4.78, 5) is 14.2. The van der Waals surface area contributed by atoms with E-state index in [1.54, 1.807) is 0 Å². The Kier molecular flexibility index (Phi) is 4.07. The van der Waals surface area contributed by atoms with Gasteiger partial charge in [-0.2, -0.15) is 0 Å². The number of thioether (sulfide) groups is 1. The molecular formula is C14H26N2O2S. The van der Waals surface area contributed by atoms with Gasteiger partial charge in [-0.3, -0.25) is 5.32 Å². The Labute approximate surface area is 120 Å². The first kappa shape index (κ1) is 15.0. The maximum Gasteiger partial charge on any atom is 0.410 e. The maximum atomic E-state index is 12.2. The SMILES string of the molecule is CC1CSC2(CCN(C(=O)OC(C)(C)C)C(C)C2)N1. The van der Waals surface area contributed by atoms with Crippen LogP contribution >= 0.6 is 11.8 Å². The molecule has 2 aliphatic rings. The highest BCUT2D eigenvalue weighted by Gasteiger charge is 2.44. The molecule has 2 heterocycles. The van der Waals surface area contributed by atoms with Crippen molar-refractivity contribution in [1.82, 2.24) is 10.2 Å². The second kappa shape index (κ2) is 5.17. The van der Waals surface area contributed by atoms with Gasteiger partial charge in [0.05, 0.1) is 4.87 Å². The lowest BCUT2D eigenvalue weighted by Gasteiger charge is -2.43. The van der Waals surface area contributed by atoms with Crippen LogP contribution in [-0.4, -0.2) is 45.8 Å². The molecule has 19 heavy (non-hydrogen) atoms. The monoisotopic (exact) mass is 286 g/mol. The smallest absolute Gasteiger partial charge is 0.410 e. The van der Waals surface area contributed by atoms with E-state index in [1.165, 1.54) is 5.75 Å². The zero-order chi connectivity index (χ0) is 14.3. The molecule has 4 nitrogen and oxygen atoms in total. The van der Waals surface area contributed by atoms with Crippen LogP contribution in [0.1, 0.15) is 47.5 Å². The minimum Gasteiger partial charge on any atom is -0.444 e. The number of rotatable bonds is 0. The standard InChI is InChI=1S/C14H26N2O2S/c1-10-9-19-14(15-10)6-7-16(11(2)8-14)12(17)18-13(3,4)5/h10-11,15H,6-9H2,1-5H3. The Hall–Kier alpha value is -0.420. The van der Waals surface area contributed by atoms with Gasteiger partial charge in [0.1, 0.15) is 5.60 Å². The van der Waals surface area contributed by atoms with Gasteiger partial charge >= 0.3 is 6.09 Å². The molecule has 2 aliphatic heterocycles. The Morgan fingerprint density at radius 3 is 2.58 bits per heavy atom. The quantitative estimate of drug-likeness (QED) is 0.743. The van der Waals surface area contributed by atoms with Crippen molar-refractivity contribution in [1.29, 1.82) is 0 Å². The first-order chi connectivity index (χ1) is 8.71. The third-order valence-corrected chi connectivity index (χ3v) is 5.37. The van der Waals surface area contributed by atoms with E-state index in [2.05, 4.69) is 19.2 Å². The lowest BCUT2D eigenvalue weighted by atomic mass is 9.97. The van der Waals surface area contributed by atoms with Crippen LogP contribution in [0.5, 0.6) is 0 Å². The number of hydrogen-bond donors (Lipinski definition) is 1. The van der Waals surface area contributed by atoms with E-state index in [9.17, 15) is 4.79 Å². The summed E-state index contributed by atoms with van der Waals surface area (Å²) in [5.41, 5.74) is -0.416. The Morgan fingerprint density at radius 1 is 1.42 bits per heavy atom. The molecule has 0 aliphatic carbocycles. The minimum atomic E-state index is -0.416. The van der Waals surface area contributed by atoms with Crippen molar-refractivity contribution in [2.75, 3.05) is 12.3 Å². The molecular weight excluding hydrogens is 260 g/mol. The van der Waals surface area contributed by atoms with Crippen LogP contribution in [0.2, 0.25) is 0 Å². The number of piperidine rings is 1. The molecule has 2 saturated heterocycles. The van der Waals surface area contributed by atoms with E-state index in [0.29, 0.717) is 6.04 Å². The van der Waals surface area contributed by atoms with Crippen molar-refractivity contribution in [3.05, 3.63) is 0 Å². The van der Waals surface area contributed by atoms with Gasteiger partial charge in [-0.15, -0.1) is 11.8 Å². The predicted octanol–water partition coefficient (Wildman–Crippen LogP) is 2.83. The van der Waals surface area contributed by atoms with Crippen molar-refractivity contribution in [2.45, 2.75) is 70.0 Å². The van der Waals surface area contributed by atoms with Gasteiger partial charge in [0.2, 0.25) is 0 Å². The van der Waals surface area contributed by atoms with Crippen LogP contribution in [0.4, 0.5) is 4.79 Å². The number of likely N-dealkylation sites (tertiary alicyclic amines) is 1. The Balaban J connectivity index is 1.95. The third-order valence-electron chi connectivity index (χ3n) is 3.66. The number of nitrogens with one attached hydrogen (secondary N) is 1. The van der Waals surface area contributed by atoms with Gasteiger partial charge < -0.3 is 9.64 Å². The fourth-order valence-corrected chi connectivity index (χ4v) is 4.41. The normalized spacial score (nSPS) is 35.7. The number of carbonyl (C=O) groups is 1. The average molecular weight is 286 g/mol. The van der Waals surface area contributed by atoms with E-state index in [0.717, 1.165) is 19.4 Å². The molecule has 1 spiro atoms. The lowest BCUT2D eigenvalue weighted by Crippen LogP contribution is -2.55. The zero-order valence-electron chi connectivity index (χ0n) is 12.7. The summed E-state index contributed by atoms with van der Waals surface area (Å²) in [6, 6.07) is 0.805. The maximum absolute atomic E-state index is 12.2. The van der Waals surface area contributed by atoms with Crippen LogP contribution < -0.4 is 5.32 Å². The van der Waals surface area contributed by atoms with Crippen LogP contribution in [0.25, 0.3) is 0 Å². The highest BCUT2D eigenvalue weighted by Crippen LogP contribution is 2.41. The second-order valence-electron chi connectivity index (χ2n) is 6.83. The average Bonchev–Trinajstić information content (AvgIpc) is 2.57. The fraction of sp³-hybridized carbons (Fsp3) is 0.929. The van der Waals surface area contributed by atoms with Crippen molar-refractivity contribution in [3.63, 3.8) is 0 Å². The number of ether oxygens (including phenoxy) is 1. The van der Waals surface area contributed by atoms with Crippen LogP contribution in [0.3, 0.4) is 0 Å². The van der Waals surface area contributed by atoms with Crippen molar-refractivity contribution >= 4 is 17.9 Å². The molecule has 1 N–H and O–H groups in total. The summed E-state index contributed by atoms with van der Waals surface area (Å²) >= 11 is 2.01. The molecule has 2 fully saturated rings. The van der Waals surface area contributed by atoms with Gasteiger partial charge in [0.25, 0.3) is 0 Å². The molecule has 0 saturated carbocycles. The highest BCUT2D eigenvalue weighted by molar-refractivity contribution is 8.00. The lowest BCUT2D eigenvalue weighted by molar-refractivity contribution is 0.00791.